The highest BCUT2D eigenvalue weighted by molar-refractivity contribution is 5.94. The summed E-state index contributed by atoms with van der Waals surface area (Å²) in [5.41, 5.74) is 4.51. The molecule has 0 saturated carbocycles. The van der Waals surface area contributed by atoms with Crippen LogP contribution in [0.2, 0.25) is 0 Å². The molecule has 0 aromatic heterocycles. The molecule has 7 heteroatoms. The Morgan fingerprint density at radius 2 is 2.00 bits per heavy atom. The molecule has 1 saturated heterocycles. The smallest absolute Gasteiger partial charge is 0.379 e. The van der Waals surface area contributed by atoms with Gasteiger partial charge < -0.3 is 15.8 Å². The standard InChI is InChI=1S/C12H13F3N2O2/c13-12(14,15)8-3-1-2-4-10(8)17-11(18)7-5-19-6-9(7)16/h1-4,7,9H,5-6,16H2,(H,17,18). The quantitative estimate of drug-likeness (QED) is 0.861. The largest absolute Gasteiger partial charge is 0.418 e. The summed E-state index contributed by atoms with van der Waals surface area (Å²) in [6.07, 6.45) is -4.52. The van der Waals surface area contributed by atoms with E-state index >= 15 is 0 Å². The van der Waals surface area contributed by atoms with Crippen LogP contribution in [0, 0.1) is 5.92 Å². The Bertz CT molecular complexity index is 476. The van der Waals surface area contributed by atoms with E-state index in [9.17, 15) is 18.0 Å². The molecule has 3 N–H and O–H groups in total. The number of halogens is 3. The first-order valence-electron chi connectivity index (χ1n) is 5.70. The van der Waals surface area contributed by atoms with Gasteiger partial charge in [-0.25, -0.2) is 0 Å². The highest BCUT2D eigenvalue weighted by atomic mass is 19.4. The van der Waals surface area contributed by atoms with E-state index in [2.05, 4.69) is 5.32 Å². The third-order valence-electron chi connectivity index (χ3n) is 2.95. The molecule has 1 aromatic rings. The molecule has 2 atom stereocenters. The van der Waals surface area contributed by atoms with Crippen molar-refractivity contribution < 1.29 is 22.7 Å². The molecule has 1 heterocycles. The van der Waals surface area contributed by atoms with Crippen LogP contribution in [0.1, 0.15) is 5.56 Å². The zero-order valence-corrected chi connectivity index (χ0v) is 9.91. The molecule has 0 spiro atoms. The van der Waals surface area contributed by atoms with Gasteiger partial charge in [0.1, 0.15) is 0 Å². The topological polar surface area (TPSA) is 64.3 Å². The van der Waals surface area contributed by atoms with Crippen molar-refractivity contribution in [3.63, 3.8) is 0 Å². The van der Waals surface area contributed by atoms with Crippen LogP contribution in [0.25, 0.3) is 0 Å². The maximum Gasteiger partial charge on any atom is 0.418 e. The number of rotatable bonds is 2. The lowest BCUT2D eigenvalue weighted by Crippen LogP contribution is -2.37. The van der Waals surface area contributed by atoms with E-state index in [4.69, 9.17) is 10.5 Å². The van der Waals surface area contributed by atoms with E-state index in [0.29, 0.717) is 0 Å². The van der Waals surface area contributed by atoms with Crippen molar-refractivity contribution in [1.29, 1.82) is 0 Å². The molecule has 1 amide bonds. The number of ether oxygens (including phenoxy) is 1. The minimum Gasteiger partial charge on any atom is -0.379 e. The molecular weight excluding hydrogens is 261 g/mol. The van der Waals surface area contributed by atoms with Crippen molar-refractivity contribution in [2.45, 2.75) is 12.2 Å². The van der Waals surface area contributed by atoms with E-state index in [0.717, 1.165) is 6.07 Å². The predicted octanol–water partition coefficient (Wildman–Crippen LogP) is 1.62. The van der Waals surface area contributed by atoms with Crippen molar-refractivity contribution >= 4 is 11.6 Å². The lowest BCUT2D eigenvalue weighted by atomic mass is 10.0. The molecule has 0 bridgehead atoms. The second-order valence-electron chi connectivity index (χ2n) is 4.34. The summed E-state index contributed by atoms with van der Waals surface area (Å²) in [5.74, 6) is -1.18. The van der Waals surface area contributed by atoms with Crippen LogP contribution < -0.4 is 11.1 Å². The summed E-state index contributed by atoms with van der Waals surface area (Å²) in [7, 11) is 0. The normalized spacial score (nSPS) is 23.4. The van der Waals surface area contributed by atoms with E-state index in [1.54, 1.807) is 0 Å². The number of amides is 1. The Balaban J connectivity index is 2.17. The first-order valence-corrected chi connectivity index (χ1v) is 5.70. The number of para-hydroxylation sites is 1. The van der Waals surface area contributed by atoms with Crippen LogP contribution in [0.5, 0.6) is 0 Å². The molecule has 1 aliphatic rings. The van der Waals surface area contributed by atoms with Gasteiger partial charge in [0.05, 0.1) is 30.4 Å². The molecule has 19 heavy (non-hydrogen) atoms. The average Bonchev–Trinajstić information content (AvgIpc) is 2.75. The minimum absolute atomic E-state index is 0.126. The number of benzene rings is 1. The van der Waals surface area contributed by atoms with Crippen molar-refractivity contribution in [2.75, 3.05) is 18.5 Å². The number of alkyl halides is 3. The van der Waals surface area contributed by atoms with Crippen molar-refractivity contribution in [1.82, 2.24) is 0 Å². The van der Waals surface area contributed by atoms with Crippen LogP contribution in [0.4, 0.5) is 18.9 Å². The van der Waals surface area contributed by atoms with Gasteiger partial charge in [0.15, 0.2) is 0 Å². The molecule has 1 aromatic carbocycles. The molecule has 0 aliphatic carbocycles. The van der Waals surface area contributed by atoms with Gasteiger partial charge in [-0.2, -0.15) is 13.2 Å². The number of carbonyl (C=O) groups excluding carboxylic acids is 1. The van der Waals surface area contributed by atoms with Crippen molar-refractivity contribution in [3.8, 4) is 0 Å². The first kappa shape index (κ1) is 13.8. The maximum atomic E-state index is 12.8. The number of hydrogen-bond donors (Lipinski definition) is 2. The third-order valence-corrected chi connectivity index (χ3v) is 2.95. The third kappa shape index (κ3) is 3.05. The lowest BCUT2D eigenvalue weighted by molar-refractivity contribution is -0.137. The van der Waals surface area contributed by atoms with Crippen LogP contribution in [0.3, 0.4) is 0 Å². The van der Waals surface area contributed by atoms with Gasteiger partial charge in [-0.1, -0.05) is 12.1 Å². The highest BCUT2D eigenvalue weighted by Gasteiger charge is 2.36. The summed E-state index contributed by atoms with van der Waals surface area (Å²) in [6.45, 7) is 0.361. The predicted molar refractivity (Wildman–Crippen MR) is 62.4 cm³/mol. The van der Waals surface area contributed by atoms with Gasteiger partial charge in [-0.15, -0.1) is 0 Å². The molecule has 1 aliphatic heterocycles. The zero-order valence-electron chi connectivity index (χ0n) is 9.91. The van der Waals surface area contributed by atoms with Gasteiger partial charge in [0.25, 0.3) is 0 Å². The molecule has 0 radical (unpaired) electrons. The van der Waals surface area contributed by atoms with E-state index in [1.165, 1.54) is 18.2 Å². The Kier molecular flexibility index (Phi) is 3.77. The Morgan fingerprint density at radius 3 is 2.58 bits per heavy atom. The summed E-state index contributed by atoms with van der Waals surface area (Å²) in [4.78, 5) is 11.9. The van der Waals surface area contributed by atoms with E-state index < -0.39 is 29.6 Å². The van der Waals surface area contributed by atoms with Crippen molar-refractivity contribution in [3.05, 3.63) is 29.8 Å². The van der Waals surface area contributed by atoms with Crippen molar-refractivity contribution in [2.24, 2.45) is 11.7 Å². The van der Waals surface area contributed by atoms with Gasteiger partial charge in [-0.3, -0.25) is 4.79 Å². The second-order valence-corrected chi connectivity index (χ2v) is 4.34. The molecule has 1 fully saturated rings. The number of carbonyl (C=O) groups is 1. The number of anilines is 1. The second kappa shape index (κ2) is 5.18. The zero-order chi connectivity index (χ0) is 14.0. The molecule has 2 rings (SSSR count). The Hall–Kier alpha value is -1.60. The summed E-state index contributed by atoms with van der Waals surface area (Å²) in [5, 5.41) is 2.27. The fraction of sp³-hybridized carbons (Fsp3) is 0.417. The van der Waals surface area contributed by atoms with Gasteiger partial charge in [0.2, 0.25) is 5.91 Å². The number of nitrogens with one attached hydrogen (secondary N) is 1. The summed E-state index contributed by atoms with van der Waals surface area (Å²) in [6, 6.07) is 4.33. The Morgan fingerprint density at radius 1 is 1.32 bits per heavy atom. The van der Waals surface area contributed by atoms with E-state index in [1.807, 2.05) is 0 Å². The average molecular weight is 274 g/mol. The fourth-order valence-corrected chi connectivity index (χ4v) is 1.91. The monoisotopic (exact) mass is 274 g/mol. The van der Waals surface area contributed by atoms with Gasteiger partial charge in [0, 0.05) is 6.04 Å². The van der Waals surface area contributed by atoms with Crippen LogP contribution in [-0.2, 0) is 15.7 Å². The highest BCUT2D eigenvalue weighted by Crippen LogP contribution is 2.34. The summed E-state index contributed by atoms with van der Waals surface area (Å²) < 4.78 is 43.3. The molecule has 4 nitrogen and oxygen atoms in total. The molecule has 2 unspecified atom stereocenters. The SMILES string of the molecule is NC1COCC1C(=O)Nc1ccccc1C(F)(F)F. The summed E-state index contributed by atoms with van der Waals surface area (Å²) >= 11 is 0. The van der Waals surface area contributed by atoms with Gasteiger partial charge in [-0.05, 0) is 12.1 Å². The van der Waals surface area contributed by atoms with Crippen LogP contribution >= 0.6 is 0 Å². The van der Waals surface area contributed by atoms with Crippen LogP contribution in [-0.4, -0.2) is 25.2 Å². The fourth-order valence-electron chi connectivity index (χ4n) is 1.91. The maximum absolute atomic E-state index is 12.8. The van der Waals surface area contributed by atoms with E-state index in [-0.39, 0.29) is 18.9 Å². The number of nitrogens with two attached hydrogens (primary N) is 1. The molecule has 104 valence electrons. The minimum atomic E-state index is -4.52. The van der Waals surface area contributed by atoms with Crippen LogP contribution in [0.15, 0.2) is 24.3 Å². The van der Waals surface area contributed by atoms with Gasteiger partial charge >= 0.3 is 6.18 Å². The first-order chi connectivity index (χ1) is 8.89. The molecular formula is C12H13F3N2O2. The Labute approximate surface area is 107 Å². The number of hydrogen-bond acceptors (Lipinski definition) is 3. The lowest BCUT2D eigenvalue weighted by Gasteiger charge is -2.17.